The number of ether oxygens (including phenoxy) is 1. The van der Waals surface area contributed by atoms with Gasteiger partial charge in [0.1, 0.15) is 0 Å². The minimum Gasteiger partial charge on any atom is -0.379 e. The number of carbonyl (C=O) groups excluding carboxylic acids is 1. The maximum atomic E-state index is 12.5. The Labute approximate surface area is 154 Å². The Balaban J connectivity index is 1.67. The Morgan fingerprint density at radius 1 is 1.23 bits per heavy atom. The van der Waals surface area contributed by atoms with E-state index in [0.29, 0.717) is 12.1 Å². The molecule has 1 aromatic carbocycles. The number of aromatic nitrogens is 1. The van der Waals surface area contributed by atoms with Gasteiger partial charge in [-0.1, -0.05) is 36.4 Å². The van der Waals surface area contributed by atoms with E-state index in [1.807, 2.05) is 55.6 Å². The molecular formula is C21H25N3O2. The molecule has 0 radical (unpaired) electrons. The number of morpholine rings is 1. The van der Waals surface area contributed by atoms with Crippen LogP contribution in [0.2, 0.25) is 0 Å². The molecule has 1 fully saturated rings. The topological polar surface area (TPSA) is 54.5 Å². The number of hydrogen-bond donors (Lipinski definition) is 1. The van der Waals surface area contributed by atoms with Gasteiger partial charge in [-0.3, -0.25) is 14.7 Å². The van der Waals surface area contributed by atoms with E-state index in [9.17, 15) is 4.79 Å². The van der Waals surface area contributed by atoms with Gasteiger partial charge in [0.25, 0.3) is 0 Å². The molecule has 136 valence electrons. The van der Waals surface area contributed by atoms with Gasteiger partial charge in [0.05, 0.1) is 19.3 Å². The number of nitrogens with zero attached hydrogens (tertiary/aromatic N) is 2. The van der Waals surface area contributed by atoms with E-state index in [2.05, 4.69) is 21.3 Å². The second kappa shape index (κ2) is 9.27. The SMILES string of the molecule is C/C(=C\c1ccccc1)C(=O)NCC(c1cccnc1)N1CCOCC1. The molecule has 0 aliphatic carbocycles. The zero-order valence-corrected chi connectivity index (χ0v) is 15.1. The first kappa shape index (κ1) is 18.3. The lowest BCUT2D eigenvalue weighted by molar-refractivity contribution is -0.117. The van der Waals surface area contributed by atoms with Crippen molar-refractivity contribution in [3.8, 4) is 0 Å². The predicted molar refractivity (Wildman–Crippen MR) is 102 cm³/mol. The summed E-state index contributed by atoms with van der Waals surface area (Å²) in [6.07, 6.45) is 5.55. The molecule has 26 heavy (non-hydrogen) atoms. The fourth-order valence-corrected chi connectivity index (χ4v) is 3.11. The molecule has 3 rings (SSSR count). The molecule has 1 unspecified atom stereocenters. The highest BCUT2D eigenvalue weighted by atomic mass is 16.5. The second-order valence-electron chi connectivity index (χ2n) is 6.40. The maximum absolute atomic E-state index is 12.5. The van der Waals surface area contributed by atoms with Crippen LogP contribution in [-0.2, 0) is 9.53 Å². The van der Waals surface area contributed by atoms with Crippen molar-refractivity contribution in [1.29, 1.82) is 0 Å². The third-order valence-electron chi connectivity index (χ3n) is 4.55. The summed E-state index contributed by atoms with van der Waals surface area (Å²) in [6.45, 7) is 5.54. The van der Waals surface area contributed by atoms with Crippen molar-refractivity contribution in [3.05, 3.63) is 71.6 Å². The molecule has 5 nitrogen and oxygen atoms in total. The van der Waals surface area contributed by atoms with Crippen LogP contribution in [0.3, 0.4) is 0 Å². The number of benzene rings is 1. The molecule has 5 heteroatoms. The van der Waals surface area contributed by atoms with Crippen LogP contribution in [0.5, 0.6) is 0 Å². The molecule has 1 aliphatic heterocycles. The summed E-state index contributed by atoms with van der Waals surface area (Å²) in [5, 5.41) is 3.08. The summed E-state index contributed by atoms with van der Waals surface area (Å²) in [6, 6.07) is 14.0. The summed E-state index contributed by atoms with van der Waals surface area (Å²) >= 11 is 0. The van der Waals surface area contributed by atoms with E-state index in [-0.39, 0.29) is 11.9 Å². The Kier molecular flexibility index (Phi) is 6.52. The van der Waals surface area contributed by atoms with Gasteiger partial charge in [-0.15, -0.1) is 0 Å². The van der Waals surface area contributed by atoms with Crippen LogP contribution in [0, 0.1) is 0 Å². The fourth-order valence-electron chi connectivity index (χ4n) is 3.11. The first-order chi connectivity index (χ1) is 12.7. The molecule has 1 N–H and O–H groups in total. The molecule has 1 saturated heterocycles. The van der Waals surface area contributed by atoms with Gasteiger partial charge in [-0.2, -0.15) is 0 Å². The molecular weight excluding hydrogens is 326 g/mol. The van der Waals surface area contributed by atoms with Crippen LogP contribution in [0.4, 0.5) is 0 Å². The van der Waals surface area contributed by atoms with Crippen molar-refractivity contribution in [2.45, 2.75) is 13.0 Å². The Hall–Kier alpha value is -2.50. The lowest BCUT2D eigenvalue weighted by Gasteiger charge is -2.34. The molecule has 0 spiro atoms. The van der Waals surface area contributed by atoms with Crippen molar-refractivity contribution in [2.24, 2.45) is 0 Å². The van der Waals surface area contributed by atoms with Gasteiger partial charge in [-0.05, 0) is 30.2 Å². The highest BCUT2D eigenvalue weighted by Gasteiger charge is 2.23. The Bertz CT molecular complexity index is 725. The highest BCUT2D eigenvalue weighted by molar-refractivity contribution is 5.97. The fraction of sp³-hybridized carbons (Fsp3) is 0.333. The molecule has 1 amide bonds. The van der Waals surface area contributed by atoms with Crippen LogP contribution in [0.15, 0.2) is 60.4 Å². The van der Waals surface area contributed by atoms with Crippen molar-refractivity contribution < 1.29 is 9.53 Å². The van der Waals surface area contributed by atoms with Crippen molar-refractivity contribution in [3.63, 3.8) is 0 Å². The normalized spacial score (nSPS) is 16.9. The lowest BCUT2D eigenvalue weighted by Crippen LogP contribution is -2.44. The summed E-state index contributed by atoms with van der Waals surface area (Å²) in [4.78, 5) is 19.1. The smallest absolute Gasteiger partial charge is 0.247 e. The number of hydrogen-bond acceptors (Lipinski definition) is 4. The first-order valence-electron chi connectivity index (χ1n) is 8.97. The number of rotatable bonds is 6. The molecule has 2 aromatic rings. The van der Waals surface area contributed by atoms with Gasteiger partial charge in [0, 0.05) is 37.6 Å². The highest BCUT2D eigenvalue weighted by Crippen LogP contribution is 2.20. The van der Waals surface area contributed by atoms with Crippen molar-refractivity contribution in [1.82, 2.24) is 15.2 Å². The average Bonchev–Trinajstić information content (AvgIpc) is 2.70. The summed E-state index contributed by atoms with van der Waals surface area (Å²) in [5.74, 6) is -0.0454. The Morgan fingerprint density at radius 2 is 2.00 bits per heavy atom. The van der Waals surface area contributed by atoms with E-state index >= 15 is 0 Å². The maximum Gasteiger partial charge on any atom is 0.247 e. The van der Waals surface area contributed by atoms with Crippen LogP contribution in [0.1, 0.15) is 24.1 Å². The van der Waals surface area contributed by atoms with Crippen LogP contribution >= 0.6 is 0 Å². The van der Waals surface area contributed by atoms with E-state index in [4.69, 9.17) is 4.74 Å². The van der Waals surface area contributed by atoms with Gasteiger partial charge >= 0.3 is 0 Å². The van der Waals surface area contributed by atoms with E-state index in [1.165, 1.54) is 0 Å². The number of carbonyl (C=O) groups is 1. The molecule has 1 aliphatic rings. The molecule has 1 aromatic heterocycles. The summed E-state index contributed by atoms with van der Waals surface area (Å²) in [5.41, 5.74) is 2.83. The molecule has 0 saturated carbocycles. The van der Waals surface area contributed by atoms with Gasteiger partial charge < -0.3 is 10.1 Å². The lowest BCUT2D eigenvalue weighted by atomic mass is 10.1. The molecule has 2 heterocycles. The second-order valence-corrected chi connectivity index (χ2v) is 6.40. The standard InChI is InChI=1S/C21H25N3O2/c1-17(14-18-6-3-2-4-7-18)21(25)23-16-20(19-8-5-9-22-15-19)24-10-12-26-13-11-24/h2-9,14-15,20H,10-13,16H2,1H3,(H,23,25)/b17-14+. The zero-order chi connectivity index (χ0) is 18.2. The quantitative estimate of drug-likeness (QED) is 0.813. The van der Waals surface area contributed by atoms with Gasteiger partial charge in [-0.25, -0.2) is 0 Å². The third kappa shape index (κ3) is 5.00. The zero-order valence-electron chi connectivity index (χ0n) is 15.1. The first-order valence-corrected chi connectivity index (χ1v) is 8.97. The van der Waals surface area contributed by atoms with E-state index < -0.39 is 0 Å². The minimum absolute atomic E-state index is 0.0454. The number of pyridine rings is 1. The number of amides is 1. The average molecular weight is 351 g/mol. The monoisotopic (exact) mass is 351 g/mol. The minimum atomic E-state index is -0.0454. The summed E-state index contributed by atoms with van der Waals surface area (Å²) < 4.78 is 5.46. The summed E-state index contributed by atoms with van der Waals surface area (Å²) in [7, 11) is 0. The molecule has 0 bridgehead atoms. The molecule has 1 atom stereocenters. The third-order valence-corrected chi connectivity index (χ3v) is 4.55. The van der Waals surface area contributed by atoms with Crippen LogP contribution in [0.25, 0.3) is 6.08 Å². The van der Waals surface area contributed by atoms with Gasteiger partial charge in [0.15, 0.2) is 0 Å². The number of nitrogens with one attached hydrogen (secondary N) is 1. The van der Waals surface area contributed by atoms with Crippen molar-refractivity contribution >= 4 is 12.0 Å². The van der Waals surface area contributed by atoms with E-state index in [1.54, 1.807) is 6.20 Å². The van der Waals surface area contributed by atoms with Crippen LogP contribution in [-0.4, -0.2) is 48.6 Å². The Morgan fingerprint density at radius 3 is 2.69 bits per heavy atom. The van der Waals surface area contributed by atoms with Crippen LogP contribution < -0.4 is 5.32 Å². The van der Waals surface area contributed by atoms with Crippen molar-refractivity contribution in [2.75, 3.05) is 32.8 Å². The predicted octanol–water partition coefficient (Wildman–Crippen LogP) is 2.67. The van der Waals surface area contributed by atoms with E-state index in [0.717, 1.165) is 37.4 Å². The largest absolute Gasteiger partial charge is 0.379 e. The van der Waals surface area contributed by atoms with Gasteiger partial charge in [0.2, 0.25) is 5.91 Å².